The van der Waals surface area contributed by atoms with Crippen LogP contribution in [0.2, 0.25) is 0 Å². The Balaban J connectivity index is 2.34. The number of hydrogen-bond acceptors (Lipinski definition) is 5. The van der Waals surface area contributed by atoms with Gasteiger partial charge in [0.25, 0.3) is 0 Å². The molecule has 4 N–H and O–H groups in total. The van der Waals surface area contributed by atoms with Crippen molar-refractivity contribution >= 4 is 12.0 Å². The monoisotopic (exact) mass is 248 g/mol. The van der Waals surface area contributed by atoms with E-state index < -0.39 is 24.2 Å². The zero-order valence-electron chi connectivity index (χ0n) is 9.20. The van der Waals surface area contributed by atoms with E-state index in [1.165, 1.54) is 4.90 Å². The predicted molar refractivity (Wildman–Crippen MR) is 55.4 cm³/mol. The van der Waals surface area contributed by atoms with Crippen LogP contribution in [-0.4, -0.2) is 77.3 Å². The summed E-state index contributed by atoms with van der Waals surface area (Å²) in [6, 6.07) is -0.480. The summed E-state index contributed by atoms with van der Waals surface area (Å²) in [5, 5.41) is 28.6. The molecular weight excluding hydrogens is 232 g/mol. The fourth-order valence-corrected chi connectivity index (χ4v) is 1.40. The van der Waals surface area contributed by atoms with Crippen molar-refractivity contribution in [2.24, 2.45) is 0 Å². The molecule has 1 heterocycles. The number of aliphatic hydroxyl groups is 2. The molecule has 0 aromatic heterocycles. The molecule has 98 valence electrons. The Morgan fingerprint density at radius 3 is 2.82 bits per heavy atom. The lowest BCUT2D eigenvalue weighted by molar-refractivity contribution is -0.146. The van der Waals surface area contributed by atoms with Crippen LogP contribution in [0.3, 0.4) is 0 Å². The highest BCUT2D eigenvalue weighted by molar-refractivity contribution is 5.76. The maximum Gasteiger partial charge on any atom is 0.334 e. The Kier molecular flexibility index (Phi) is 5.13. The first-order chi connectivity index (χ1) is 8.04. The van der Waals surface area contributed by atoms with Gasteiger partial charge in [-0.15, -0.1) is 0 Å². The molecule has 2 atom stereocenters. The quantitative estimate of drug-likeness (QED) is 0.449. The van der Waals surface area contributed by atoms with Crippen LogP contribution in [0.25, 0.3) is 0 Å². The van der Waals surface area contributed by atoms with Crippen molar-refractivity contribution in [2.75, 3.05) is 32.8 Å². The SMILES string of the molecule is O=C(O)C(O)CNC(=O)N1CCOC(CO)C1. The molecule has 0 saturated carbocycles. The Hall–Kier alpha value is -1.38. The summed E-state index contributed by atoms with van der Waals surface area (Å²) in [6.07, 6.45) is -2.03. The van der Waals surface area contributed by atoms with E-state index in [2.05, 4.69) is 5.32 Å². The minimum atomic E-state index is -1.62. The molecule has 0 aromatic rings. The lowest BCUT2D eigenvalue weighted by atomic mass is 10.3. The van der Waals surface area contributed by atoms with E-state index >= 15 is 0 Å². The largest absolute Gasteiger partial charge is 0.479 e. The molecule has 0 radical (unpaired) electrons. The molecule has 1 rings (SSSR count). The van der Waals surface area contributed by atoms with Crippen LogP contribution in [0.1, 0.15) is 0 Å². The van der Waals surface area contributed by atoms with Crippen molar-refractivity contribution in [1.29, 1.82) is 0 Å². The minimum absolute atomic E-state index is 0.179. The van der Waals surface area contributed by atoms with E-state index in [9.17, 15) is 9.59 Å². The summed E-state index contributed by atoms with van der Waals surface area (Å²) in [5.74, 6) is -1.39. The highest BCUT2D eigenvalue weighted by Crippen LogP contribution is 2.04. The lowest BCUT2D eigenvalue weighted by Gasteiger charge is -2.32. The zero-order valence-corrected chi connectivity index (χ0v) is 9.20. The minimum Gasteiger partial charge on any atom is -0.479 e. The molecule has 2 amide bonds. The summed E-state index contributed by atoms with van der Waals surface area (Å²) < 4.78 is 5.16. The highest BCUT2D eigenvalue weighted by atomic mass is 16.5. The topological polar surface area (TPSA) is 119 Å². The second-order valence-corrected chi connectivity index (χ2v) is 3.66. The van der Waals surface area contributed by atoms with Gasteiger partial charge in [-0.05, 0) is 0 Å². The van der Waals surface area contributed by atoms with Crippen molar-refractivity contribution in [2.45, 2.75) is 12.2 Å². The first-order valence-corrected chi connectivity index (χ1v) is 5.20. The molecule has 8 heteroatoms. The molecule has 1 aliphatic rings. The van der Waals surface area contributed by atoms with Crippen molar-refractivity contribution in [3.63, 3.8) is 0 Å². The molecule has 0 bridgehead atoms. The van der Waals surface area contributed by atoms with E-state index in [0.29, 0.717) is 13.2 Å². The number of carboxylic acid groups (broad SMARTS) is 1. The van der Waals surface area contributed by atoms with E-state index in [-0.39, 0.29) is 19.7 Å². The number of aliphatic hydroxyl groups excluding tert-OH is 2. The van der Waals surface area contributed by atoms with Crippen LogP contribution in [0.15, 0.2) is 0 Å². The maximum atomic E-state index is 11.6. The third-order valence-corrected chi connectivity index (χ3v) is 2.36. The Morgan fingerprint density at radius 1 is 1.53 bits per heavy atom. The van der Waals surface area contributed by atoms with Gasteiger partial charge in [0, 0.05) is 6.54 Å². The van der Waals surface area contributed by atoms with Crippen molar-refractivity contribution in [1.82, 2.24) is 10.2 Å². The van der Waals surface area contributed by atoms with Gasteiger partial charge in [0.2, 0.25) is 0 Å². The molecule has 1 saturated heterocycles. The summed E-state index contributed by atoms with van der Waals surface area (Å²) in [6.45, 7) is 0.397. The van der Waals surface area contributed by atoms with Gasteiger partial charge in [-0.3, -0.25) is 0 Å². The van der Waals surface area contributed by atoms with Crippen LogP contribution in [0.5, 0.6) is 0 Å². The standard InChI is InChI=1S/C9H16N2O6/c12-5-6-4-11(1-2-17-6)9(16)10-3-7(13)8(14)15/h6-7,12-13H,1-5H2,(H,10,16)(H,14,15). The van der Waals surface area contributed by atoms with Gasteiger partial charge in [0.15, 0.2) is 6.10 Å². The highest BCUT2D eigenvalue weighted by Gasteiger charge is 2.24. The van der Waals surface area contributed by atoms with Gasteiger partial charge >= 0.3 is 12.0 Å². The van der Waals surface area contributed by atoms with Crippen molar-refractivity contribution in [3.05, 3.63) is 0 Å². The Bertz CT molecular complexity index is 285. The molecule has 1 aliphatic heterocycles. The van der Waals surface area contributed by atoms with Crippen LogP contribution in [0, 0.1) is 0 Å². The summed E-state index contributed by atoms with van der Waals surface area (Å²) in [7, 11) is 0. The third-order valence-electron chi connectivity index (χ3n) is 2.36. The number of nitrogens with zero attached hydrogens (tertiary/aromatic N) is 1. The Labute approximate surface area is 97.8 Å². The average Bonchev–Trinajstić information content (AvgIpc) is 2.35. The van der Waals surface area contributed by atoms with Gasteiger partial charge in [-0.2, -0.15) is 0 Å². The van der Waals surface area contributed by atoms with Gasteiger partial charge in [-0.25, -0.2) is 9.59 Å². The number of ether oxygens (including phenoxy) is 1. The van der Waals surface area contributed by atoms with Crippen molar-refractivity contribution in [3.8, 4) is 0 Å². The molecule has 17 heavy (non-hydrogen) atoms. The van der Waals surface area contributed by atoms with E-state index in [1.54, 1.807) is 0 Å². The molecular formula is C9H16N2O6. The molecule has 8 nitrogen and oxygen atoms in total. The van der Waals surface area contributed by atoms with Crippen LogP contribution in [-0.2, 0) is 9.53 Å². The number of aliphatic carboxylic acids is 1. The second-order valence-electron chi connectivity index (χ2n) is 3.66. The fraction of sp³-hybridized carbons (Fsp3) is 0.778. The normalized spacial score (nSPS) is 22.0. The van der Waals surface area contributed by atoms with Gasteiger partial charge in [0.1, 0.15) is 0 Å². The maximum absolute atomic E-state index is 11.6. The molecule has 0 aromatic carbocycles. The predicted octanol–water partition coefficient (Wildman–Crippen LogP) is -2.17. The number of amides is 2. The van der Waals surface area contributed by atoms with Crippen LogP contribution in [0.4, 0.5) is 4.79 Å². The number of carbonyl (C=O) groups excluding carboxylic acids is 1. The average molecular weight is 248 g/mol. The molecule has 0 spiro atoms. The van der Waals surface area contributed by atoms with Gasteiger partial charge < -0.3 is 30.3 Å². The number of carboxylic acids is 1. The number of carbonyl (C=O) groups is 2. The summed E-state index contributed by atoms with van der Waals surface area (Å²) in [5.41, 5.74) is 0. The number of rotatable bonds is 4. The first-order valence-electron chi connectivity index (χ1n) is 5.20. The number of hydrogen-bond donors (Lipinski definition) is 4. The molecule has 2 unspecified atom stereocenters. The number of nitrogens with one attached hydrogen (secondary N) is 1. The third kappa shape index (κ3) is 4.17. The second kappa shape index (κ2) is 6.38. The van der Waals surface area contributed by atoms with E-state index in [0.717, 1.165) is 0 Å². The van der Waals surface area contributed by atoms with Gasteiger partial charge in [-0.1, -0.05) is 0 Å². The first kappa shape index (κ1) is 13.7. The van der Waals surface area contributed by atoms with Crippen LogP contribution < -0.4 is 5.32 Å². The van der Waals surface area contributed by atoms with E-state index in [1.807, 2.05) is 0 Å². The lowest BCUT2D eigenvalue weighted by Crippen LogP contribution is -2.52. The smallest absolute Gasteiger partial charge is 0.334 e. The molecule has 0 aliphatic carbocycles. The fourth-order valence-electron chi connectivity index (χ4n) is 1.40. The summed E-state index contributed by atoms with van der Waals surface area (Å²) >= 11 is 0. The Morgan fingerprint density at radius 2 is 2.24 bits per heavy atom. The summed E-state index contributed by atoms with van der Waals surface area (Å²) in [4.78, 5) is 23.3. The van der Waals surface area contributed by atoms with Crippen molar-refractivity contribution < 1.29 is 29.6 Å². The van der Waals surface area contributed by atoms with Crippen LogP contribution >= 0.6 is 0 Å². The van der Waals surface area contributed by atoms with E-state index in [4.69, 9.17) is 20.1 Å². The number of urea groups is 1. The molecule has 1 fully saturated rings. The number of morpholine rings is 1. The van der Waals surface area contributed by atoms with Gasteiger partial charge in [0.05, 0.1) is 32.4 Å². The zero-order chi connectivity index (χ0) is 12.8.